The molecule has 0 bridgehead atoms. The van der Waals surface area contributed by atoms with E-state index < -0.39 is 0 Å². The van der Waals surface area contributed by atoms with Crippen LogP contribution in [0.5, 0.6) is 0 Å². The van der Waals surface area contributed by atoms with Crippen LogP contribution in [0.25, 0.3) is 0 Å². The SMILES string of the molecule is CCNC(CSc1ccccc1C)c1cccc(C)c1. The number of aryl methyl sites for hydroxylation is 2. The second-order valence-corrected chi connectivity index (χ2v) is 6.16. The number of nitrogens with one attached hydrogen (secondary N) is 1. The van der Waals surface area contributed by atoms with Gasteiger partial charge in [0, 0.05) is 16.7 Å². The van der Waals surface area contributed by atoms with Gasteiger partial charge in [-0.3, -0.25) is 0 Å². The van der Waals surface area contributed by atoms with Crippen LogP contribution in [0.3, 0.4) is 0 Å². The average Bonchev–Trinajstić information content (AvgIpc) is 2.45. The molecule has 2 heteroatoms. The first-order chi connectivity index (χ1) is 9.70. The zero-order valence-electron chi connectivity index (χ0n) is 12.5. The third-order valence-electron chi connectivity index (χ3n) is 3.39. The molecule has 0 saturated heterocycles. The van der Waals surface area contributed by atoms with Gasteiger partial charge in [-0.2, -0.15) is 0 Å². The van der Waals surface area contributed by atoms with Crippen molar-refractivity contribution in [2.45, 2.75) is 31.7 Å². The largest absolute Gasteiger partial charge is 0.309 e. The molecular weight excluding hydrogens is 262 g/mol. The molecule has 1 N–H and O–H groups in total. The van der Waals surface area contributed by atoms with E-state index in [1.807, 2.05) is 11.8 Å². The lowest BCUT2D eigenvalue weighted by Gasteiger charge is -2.19. The van der Waals surface area contributed by atoms with E-state index in [2.05, 4.69) is 74.6 Å². The van der Waals surface area contributed by atoms with Gasteiger partial charge in [-0.25, -0.2) is 0 Å². The van der Waals surface area contributed by atoms with Crippen molar-refractivity contribution in [1.29, 1.82) is 0 Å². The van der Waals surface area contributed by atoms with Crippen molar-refractivity contribution in [3.63, 3.8) is 0 Å². The Bertz CT molecular complexity index is 551. The van der Waals surface area contributed by atoms with Gasteiger partial charge in [0.05, 0.1) is 0 Å². The molecule has 0 amide bonds. The number of thioether (sulfide) groups is 1. The van der Waals surface area contributed by atoms with E-state index in [1.54, 1.807) is 0 Å². The molecule has 1 nitrogen and oxygen atoms in total. The third kappa shape index (κ3) is 4.12. The number of rotatable bonds is 6. The van der Waals surface area contributed by atoms with E-state index in [4.69, 9.17) is 0 Å². The maximum Gasteiger partial charge on any atom is 0.0415 e. The predicted molar refractivity (Wildman–Crippen MR) is 89.5 cm³/mol. The van der Waals surface area contributed by atoms with Crippen molar-refractivity contribution < 1.29 is 0 Å². The van der Waals surface area contributed by atoms with Crippen LogP contribution >= 0.6 is 11.8 Å². The van der Waals surface area contributed by atoms with Crippen molar-refractivity contribution in [1.82, 2.24) is 5.32 Å². The zero-order valence-corrected chi connectivity index (χ0v) is 13.3. The minimum atomic E-state index is 0.407. The van der Waals surface area contributed by atoms with E-state index in [0.717, 1.165) is 12.3 Å². The molecule has 20 heavy (non-hydrogen) atoms. The van der Waals surface area contributed by atoms with Crippen LogP contribution in [0, 0.1) is 13.8 Å². The fourth-order valence-corrected chi connectivity index (χ4v) is 3.42. The van der Waals surface area contributed by atoms with Crippen LogP contribution in [0.1, 0.15) is 29.7 Å². The van der Waals surface area contributed by atoms with Gasteiger partial charge in [0.25, 0.3) is 0 Å². The highest BCUT2D eigenvalue weighted by Gasteiger charge is 2.11. The van der Waals surface area contributed by atoms with E-state index >= 15 is 0 Å². The van der Waals surface area contributed by atoms with Crippen LogP contribution in [0.15, 0.2) is 53.4 Å². The van der Waals surface area contributed by atoms with Gasteiger partial charge in [-0.15, -0.1) is 11.8 Å². The Balaban J connectivity index is 2.08. The molecule has 0 fully saturated rings. The van der Waals surface area contributed by atoms with Crippen molar-refractivity contribution in [3.05, 3.63) is 65.2 Å². The molecule has 0 aliphatic heterocycles. The summed E-state index contributed by atoms with van der Waals surface area (Å²) in [5, 5.41) is 3.59. The lowest BCUT2D eigenvalue weighted by atomic mass is 10.1. The predicted octanol–water partition coefficient (Wildman–Crippen LogP) is 4.75. The minimum absolute atomic E-state index is 0.407. The molecule has 106 valence electrons. The lowest BCUT2D eigenvalue weighted by Crippen LogP contribution is -2.23. The Hall–Kier alpha value is -1.25. The molecule has 2 rings (SSSR count). The van der Waals surface area contributed by atoms with Crippen molar-refractivity contribution in [3.8, 4) is 0 Å². The summed E-state index contributed by atoms with van der Waals surface area (Å²) < 4.78 is 0. The maximum absolute atomic E-state index is 3.59. The van der Waals surface area contributed by atoms with Gasteiger partial charge < -0.3 is 5.32 Å². The maximum atomic E-state index is 3.59. The zero-order chi connectivity index (χ0) is 14.4. The molecule has 0 saturated carbocycles. The van der Waals surface area contributed by atoms with Crippen molar-refractivity contribution in [2.75, 3.05) is 12.3 Å². The van der Waals surface area contributed by atoms with Crippen LogP contribution in [-0.2, 0) is 0 Å². The summed E-state index contributed by atoms with van der Waals surface area (Å²) in [5.74, 6) is 1.06. The van der Waals surface area contributed by atoms with Gasteiger partial charge >= 0.3 is 0 Å². The van der Waals surface area contributed by atoms with Gasteiger partial charge in [0.2, 0.25) is 0 Å². The van der Waals surface area contributed by atoms with Crippen molar-refractivity contribution >= 4 is 11.8 Å². The molecular formula is C18H23NS. The molecule has 0 spiro atoms. The summed E-state index contributed by atoms with van der Waals surface area (Å²) in [7, 11) is 0. The molecule has 1 unspecified atom stereocenters. The smallest absolute Gasteiger partial charge is 0.0415 e. The van der Waals surface area contributed by atoms with Crippen LogP contribution < -0.4 is 5.32 Å². The highest BCUT2D eigenvalue weighted by molar-refractivity contribution is 7.99. The Labute approximate surface area is 126 Å². The normalized spacial score (nSPS) is 12.3. The fraction of sp³-hybridized carbons (Fsp3) is 0.333. The number of hydrogen-bond acceptors (Lipinski definition) is 2. The monoisotopic (exact) mass is 285 g/mol. The fourth-order valence-electron chi connectivity index (χ4n) is 2.30. The van der Waals surface area contributed by atoms with E-state index in [9.17, 15) is 0 Å². The summed E-state index contributed by atoms with van der Waals surface area (Å²) in [4.78, 5) is 1.38. The summed E-state index contributed by atoms with van der Waals surface area (Å²) in [5.41, 5.74) is 4.07. The lowest BCUT2D eigenvalue weighted by molar-refractivity contribution is 0.605. The van der Waals surface area contributed by atoms with E-state index in [1.165, 1.54) is 21.6 Å². The Morgan fingerprint density at radius 1 is 1.05 bits per heavy atom. The second-order valence-electron chi connectivity index (χ2n) is 5.10. The molecule has 0 aromatic heterocycles. The first-order valence-corrected chi connectivity index (χ1v) is 8.17. The first-order valence-electron chi connectivity index (χ1n) is 7.19. The standard InChI is InChI=1S/C18H23NS/c1-4-19-17(16-10-7-8-14(2)12-16)13-20-18-11-6-5-9-15(18)3/h5-12,17,19H,4,13H2,1-3H3. The van der Waals surface area contributed by atoms with Gasteiger partial charge in [-0.05, 0) is 37.6 Å². The Morgan fingerprint density at radius 3 is 2.55 bits per heavy atom. The minimum Gasteiger partial charge on any atom is -0.309 e. The molecule has 0 aliphatic rings. The van der Waals surface area contributed by atoms with Crippen LogP contribution in [0.4, 0.5) is 0 Å². The van der Waals surface area contributed by atoms with Gasteiger partial charge in [-0.1, -0.05) is 55.0 Å². The quantitative estimate of drug-likeness (QED) is 0.769. The first kappa shape index (κ1) is 15.1. The highest BCUT2D eigenvalue weighted by atomic mass is 32.2. The summed E-state index contributed by atoms with van der Waals surface area (Å²) in [6.07, 6.45) is 0. The van der Waals surface area contributed by atoms with Crippen molar-refractivity contribution in [2.24, 2.45) is 0 Å². The van der Waals surface area contributed by atoms with E-state index in [-0.39, 0.29) is 0 Å². The molecule has 0 radical (unpaired) electrons. The molecule has 2 aromatic rings. The van der Waals surface area contributed by atoms with Crippen LogP contribution in [-0.4, -0.2) is 12.3 Å². The molecule has 1 atom stereocenters. The van der Waals surface area contributed by atoms with Crippen LogP contribution in [0.2, 0.25) is 0 Å². The number of hydrogen-bond donors (Lipinski definition) is 1. The highest BCUT2D eigenvalue weighted by Crippen LogP contribution is 2.27. The third-order valence-corrected chi connectivity index (χ3v) is 4.66. The molecule has 2 aromatic carbocycles. The Morgan fingerprint density at radius 2 is 1.85 bits per heavy atom. The van der Waals surface area contributed by atoms with E-state index in [0.29, 0.717) is 6.04 Å². The molecule has 0 heterocycles. The summed E-state index contributed by atoms with van der Waals surface area (Å²) >= 11 is 1.93. The average molecular weight is 285 g/mol. The topological polar surface area (TPSA) is 12.0 Å². The molecule has 0 aliphatic carbocycles. The summed E-state index contributed by atoms with van der Waals surface area (Å²) in [6, 6.07) is 17.8. The van der Waals surface area contributed by atoms with Gasteiger partial charge in [0.1, 0.15) is 0 Å². The Kier molecular flexibility index (Phi) is 5.69. The van der Waals surface area contributed by atoms with Gasteiger partial charge in [0.15, 0.2) is 0 Å². The summed E-state index contributed by atoms with van der Waals surface area (Å²) in [6.45, 7) is 7.49. The second kappa shape index (κ2) is 7.51. The number of benzene rings is 2.